The molecule has 0 saturated carbocycles. The first-order chi connectivity index (χ1) is 12.5. The van der Waals surface area contributed by atoms with Crippen LogP contribution in [0.1, 0.15) is 21.5 Å². The molecule has 2 aromatic carbocycles. The summed E-state index contributed by atoms with van der Waals surface area (Å²) in [7, 11) is 0. The van der Waals surface area contributed by atoms with E-state index in [9.17, 15) is 4.79 Å². The lowest BCUT2D eigenvalue weighted by Crippen LogP contribution is -2.25. The van der Waals surface area contributed by atoms with Crippen molar-refractivity contribution in [3.8, 4) is 11.3 Å². The number of carbonyl (C=O) groups is 1. The molecule has 1 aromatic heterocycles. The average Bonchev–Trinajstić information content (AvgIpc) is 3.10. The van der Waals surface area contributed by atoms with Crippen molar-refractivity contribution in [2.45, 2.75) is 19.0 Å². The highest BCUT2D eigenvalue weighted by atomic mass is 35.5. The fraction of sp³-hybridized carbons (Fsp3) is 0.200. The molecular formula is C20H20ClN3OS. The molecule has 1 amide bonds. The summed E-state index contributed by atoms with van der Waals surface area (Å²) in [4.78, 5) is 19.8. The number of carbonyl (C=O) groups excluding carboxylic acids is 1. The summed E-state index contributed by atoms with van der Waals surface area (Å²) >= 11 is 7.48. The number of halogens is 1. The number of thioether (sulfide) groups is 1. The molecule has 0 bridgehead atoms. The van der Waals surface area contributed by atoms with Gasteiger partial charge in [0.25, 0.3) is 5.91 Å². The summed E-state index contributed by atoms with van der Waals surface area (Å²) in [6, 6.07) is 13.4. The van der Waals surface area contributed by atoms with Crippen LogP contribution in [0.25, 0.3) is 11.3 Å². The Kier molecular flexibility index (Phi) is 6.01. The molecule has 26 heavy (non-hydrogen) atoms. The van der Waals surface area contributed by atoms with Crippen molar-refractivity contribution in [1.82, 2.24) is 15.3 Å². The van der Waals surface area contributed by atoms with Crippen LogP contribution < -0.4 is 5.32 Å². The molecule has 3 aromatic rings. The minimum atomic E-state index is -0.0463. The molecule has 0 aliphatic carbocycles. The molecule has 0 radical (unpaired) electrons. The van der Waals surface area contributed by atoms with E-state index in [0.29, 0.717) is 17.1 Å². The lowest BCUT2D eigenvalue weighted by Gasteiger charge is -2.06. The Morgan fingerprint density at radius 1 is 1.15 bits per heavy atom. The van der Waals surface area contributed by atoms with Crippen LogP contribution in [-0.2, 0) is 0 Å². The molecule has 0 saturated heterocycles. The predicted molar refractivity (Wildman–Crippen MR) is 108 cm³/mol. The van der Waals surface area contributed by atoms with E-state index in [1.54, 1.807) is 18.0 Å². The maximum absolute atomic E-state index is 12.2. The first kappa shape index (κ1) is 18.5. The molecule has 6 heteroatoms. The Hall–Kier alpha value is -2.24. The topological polar surface area (TPSA) is 57.8 Å². The summed E-state index contributed by atoms with van der Waals surface area (Å²) in [6.45, 7) is 4.62. The van der Waals surface area contributed by atoms with E-state index in [0.717, 1.165) is 27.7 Å². The van der Waals surface area contributed by atoms with Gasteiger partial charge in [-0.2, -0.15) is 0 Å². The summed E-state index contributed by atoms with van der Waals surface area (Å²) in [5, 5.41) is 4.48. The number of aromatic nitrogens is 2. The molecule has 1 heterocycles. The number of rotatable bonds is 6. The van der Waals surface area contributed by atoms with E-state index in [4.69, 9.17) is 11.6 Å². The second kappa shape index (κ2) is 8.43. The van der Waals surface area contributed by atoms with Gasteiger partial charge in [-0.05, 0) is 54.8 Å². The number of benzene rings is 2. The Morgan fingerprint density at radius 3 is 2.65 bits per heavy atom. The van der Waals surface area contributed by atoms with E-state index in [-0.39, 0.29) is 5.91 Å². The van der Waals surface area contributed by atoms with Gasteiger partial charge in [-0.25, -0.2) is 4.98 Å². The van der Waals surface area contributed by atoms with Gasteiger partial charge in [-0.3, -0.25) is 4.79 Å². The number of nitrogens with zero attached hydrogens (tertiary/aromatic N) is 1. The third-order valence-corrected chi connectivity index (χ3v) is 5.24. The van der Waals surface area contributed by atoms with Gasteiger partial charge in [-0.15, -0.1) is 0 Å². The van der Waals surface area contributed by atoms with Crippen molar-refractivity contribution in [3.05, 3.63) is 70.4 Å². The Bertz CT molecular complexity index is 906. The highest BCUT2D eigenvalue weighted by Gasteiger charge is 2.07. The average molecular weight is 386 g/mol. The first-order valence-electron chi connectivity index (χ1n) is 8.32. The minimum Gasteiger partial charge on any atom is -0.351 e. The largest absolute Gasteiger partial charge is 0.351 e. The smallest absolute Gasteiger partial charge is 0.251 e. The fourth-order valence-electron chi connectivity index (χ4n) is 2.45. The fourth-order valence-corrected chi connectivity index (χ4v) is 3.28. The SMILES string of the molecule is Cc1ccc(C(=O)NCCSc2ncc(-c3ccc(Cl)cc3)[nH]2)cc1C. The summed E-state index contributed by atoms with van der Waals surface area (Å²) < 4.78 is 0. The van der Waals surface area contributed by atoms with Gasteiger partial charge in [-0.1, -0.05) is 41.6 Å². The third-order valence-electron chi connectivity index (χ3n) is 4.10. The van der Waals surface area contributed by atoms with E-state index in [1.807, 2.05) is 56.3 Å². The van der Waals surface area contributed by atoms with Gasteiger partial charge < -0.3 is 10.3 Å². The van der Waals surface area contributed by atoms with Crippen molar-refractivity contribution in [2.75, 3.05) is 12.3 Å². The maximum Gasteiger partial charge on any atom is 0.251 e. The van der Waals surface area contributed by atoms with Gasteiger partial charge >= 0.3 is 0 Å². The number of aromatic amines is 1. The quantitative estimate of drug-likeness (QED) is 0.470. The van der Waals surface area contributed by atoms with Crippen LogP contribution >= 0.6 is 23.4 Å². The van der Waals surface area contributed by atoms with Crippen molar-refractivity contribution < 1.29 is 4.79 Å². The normalized spacial score (nSPS) is 10.7. The molecule has 134 valence electrons. The Balaban J connectivity index is 1.48. The molecule has 0 aliphatic heterocycles. The van der Waals surface area contributed by atoms with Crippen LogP contribution in [0.15, 0.2) is 53.8 Å². The van der Waals surface area contributed by atoms with Crippen LogP contribution in [-0.4, -0.2) is 28.2 Å². The summed E-state index contributed by atoms with van der Waals surface area (Å²) in [5.41, 5.74) is 4.99. The van der Waals surface area contributed by atoms with Crippen LogP contribution in [0.4, 0.5) is 0 Å². The standard InChI is InChI=1S/C20H20ClN3OS/c1-13-3-4-16(11-14(13)2)19(25)22-9-10-26-20-23-12-18(24-20)15-5-7-17(21)8-6-15/h3-8,11-12H,9-10H2,1-2H3,(H,22,25)(H,23,24). The third kappa shape index (κ3) is 4.68. The Labute approximate surface area is 162 Å². The van der Waals surface area contributed by atoms with Crippen LogP contribution in [0.5, 0.6) is 0 Å². The van der Waals surface area contributed by atoms with Crippen molar-refractivity contribution in [3.63, 3.8) is 0 Å². The van der Waals surface area contributed by atoms with E-state index in [1.165, 1.54) is 5.56 Å². The predicted octanol–water partition coefficient (Wildman–Crippen LogP) is 4.87. The molecule has 2 N–H and O–H groups in total. The highest BCUT2D eigenvalue weighted by molar-refractivity contribution is 7.99. The number of imidazole rings is 1. The number of aryl methyl sites for hydroxylation is 2. The van der Waals surface area contributed by atoms with E-state index in [2.05, 4.69) is 15.3 Å². The molecular weight excluding hydrogens is 366 g/mol. The van der Waals surface area contributed by atoms with E-state index >= 15 is 0 Å². The van der Waals surface area contributed by atoms with Crippen LogP contribution in [0.2, 0.25) is 5.02 Å². The van der Waals surface area contributed by atoms with Gasteiger partial charge in [0.1, 0.15) is 0 Å². The molecule has 0 unspecified atom stereocenters. The highest BCUT2D eigenvalue weighted by Crippen LogP contribution is 2.22. The van der Waals surface area contributed by atoms with Gasteiger partial charge in [0.2, 0.25) is 0 Å². The zero-order chi connectivity index (χ0) is 18.5. The molecule has 3 rings (SSSR count). The zero-order valence-electron chi connectivity index (χ0n) is 14.7. The Morgan fingerprint density at radius 2 is 1.92 bits per heavy atom. The second-order valence-electron chi connectivity index (χ2n) is 6.01. The lowest BCUT2D eigenvalue weighted by molar-refractivity contribution is 0.0956. The van der Waals surface area contributed by atoms with Crippen molar-refractivity contribution >= 4 is 29.3 Å². The lowest BCUT2D eigenvalue weighted by atomic mass is 10.1. The van der Waals surface area contributed by atoms with Gasteiger partial charge in [0.15, 0.2) is 5.16 Å². The zero-order valence-corrected chi connectivity index (χ0v) is 16.2. The molecule has 0 fully saturated rings. The number of amides is 1. The van der Waals surface area contributed by atoms with Gasteiger partial charge in [0, 0.05) is 22.9 Å². The summed E-state index contributed by atoms with van der Waals surface area (Å²) in [6.07, 6.45) is 1.80. The van der Waals surface area contributed by atoms with Crippen molar-refractivity contribution in [2.24, 2.45) is 0 Å². The number of nitrogens with one attached hydrogen (secondary N) is 2. The summed E-state index contributed by atoms with van der Waals surface area (Å²) in [5.74, 6) is 0.694. The first-order valence-corrected chi connectivity index (χ1v) is 9.68. The molecule has 0 aliphatic rings. The van der Waals surface area contributed by atoms with E-state index < -0.39 is 0 Å². The second-order valence-corrected chi connectivity index (χ2v) is 7.53. The number of hydrogen-bond acceptors (Lipinski definition) is 3. The van der Waals surface area contributed by atoms with Gasteiger partial charge in [0.05, 0.1) is 11.9 Å². The molecule has 0 spiro atoms. The minimum absolute atomic E-state index is 0.0463. The van der Waals surface area contributed by atoms with Crippen LogP contribution in [0, 0.1) is 13.8 Å². The maximum atomic E-state index is 12.2. The molecule has 0 atom stereocenters. The van der Waals surface area contributed by atoms with Crippen molar-refractivity contribution in [1.29, 1.82) is 0 Å². The number of hydrogen-bond donors (Lipinski definition) is 2. The number of H-pyrrole nitrogens is 1. The molecule has 4 nitrogen and oxygen atoms in total. The monoisotopic (exact) mass is 385 g/mol. The van der Waals surface area contributed by atoms with Crippen LogP contribution in [0.3, 0.4) is 0 Å².